The molecule has 2 aliphatic rings. The number of rotatable bonds is 3. The van der Waals surface area contributed by atoms with Gasteiger partial charge in [0, 0.05) is 38.2 Å². The molecule has 0 amide bonds. The van der Waals surface area contributed by atoms with Crippen LogP contribution in [0.25, 0.3) is 0 Å². The van der Waals surface area contributed by atoms with Crippen LogP contribution in [0.1, 0.15) is 66.4 Å². The molecule has 1 aliphatic heterocycles. The number of hydrogen-bond acceptors (Lipinski definition) is 4. The van der Waals surface area contributed by atoms with Crippen molar-refractivity contribution in [3.63, 3.8) is 0 Å². The lowest BCUT2D eigenvalue weighted by Crippen LogP contribution is -2.36. The summed E-state index contributed by atoms with van der Waals surface area (Å²) in [7, 11) is 0. The minimum atomic E-state index is -4.43. The number of fused-ring (bicyclic) bond motifs is 1. The highest BCUT2D eigenvalue weighted by Gasteiger charge is 2.32. The Morgan fingerprint density at radius 3 is 2.64 bits per heavy atom. The van der Waals surface area contributed by atoms with Gasteiger partial charge in [-0.05, 0) is 24.5 Å². The van der Waals surface area contributed by atoms with Gasteiger partial charge in [-0.3, -0.25) is 14.7 Å². The predicted octanol–water partition coefficient (Wildman–Crippen LogP) is 3.79. The molecule has 2 aromatic rings. The van der Waals surface area contributed by atoms with E-state index in [9.17, 15) is 18.0 Å². The quantitative estimate of drug-likeness (QED) is 0.863. The summed E-state index contributed by atoms with van der Waals surface area (Å²) in [5.74, 6) is 1.17. The molecule has 0 aromatic carbocycles. The largest absolute Gasteiger partial charge is 0.433 e. The second kappa shape index (κ2) is 7.66. The maximum atomic E-state index is 12.6. The van der Waals surface area contributed by atoms with Gasteiger partial charge in [-0.25, -0.2) is 4.98 Å². The van der Waals surface area contributed by atoms with Crippen molar-refractivity contribution in [2.24, 2.45) is 0 Å². The number of aromatic nitrogens is 3. The summed E-state index contributed by atoms with van der Waals surface area (Å²) >= 11 is 0. The van der Waals surface area contributed by atoms with Crippen LogP contribution >= 0.6 is 0 Å². The summed E-state index contributed by atoms with van der Waals surface area (Å²) in [6.07, 6.45) is 3.27. The van der Waals surface area contributed by atoms with Gasteiger partial charge < -0.3 is 4.98 Å². The van der Waals surface area contributed by atoms with E-state index in [0.717, 1.165) is 30.4 Å². The van der Waals surface area contributed by atoms with E-state index in [-0.39, 0.29) is 5.56 Å². The van der Waals surface area contributed by atoms with Gasteiger partial charge >= 0.3 is 6.18 Å². The molecule has 0 unspecified atom stereocenters. The van der Waals surface area contributed by atoms with Gasteiger partial charge in [-0.2, -0.15) is 13.2 Å². The fraction of sp³-hybridized carbons (Fsp3) is 0.550. The SMILES string of the molecule is O=c1[nH]c(C2CCCCC2)nc2c1CN(Cc1ccc(C(F)(F)F)nc1)CC2. The molecular formula is C20H23F3N4O. The van der Waals surface area contributed by atoms with Crippen LogP contribution in [0.2, 0.25) is 0 Å². The van der Waals surface area contributed by atoms with E-state index in [1.54, 1.807) is 0 Å². The van der Waals surface area contributed by atoms with Crippen LogP contribution < -0.4 is 5.56 Å². The van der Waals surface area contributed by atoms with Crippen molar-refractivity contribution in [3.05, 3.63) is 57.0 Å². The fourth-order valence-corrected chi connectivity index (χ4v) is 4.15. The zero-order chi connectivity index (χ0) is 19.7. The van der Waals surface area contributed by atoms with Crippen LogP contribution in [0.5, 0.6) is 0 Å². The highest BCUT2D eigenvalue weighted by Crippen LogP contribution is 2.31. The van der Waals surface area contributed by atoms with Gasteiger partial charge in [0.1, 0.15) is 11.5 Å². The van der Waals surface area contributed by atoms with Gasteiger partial charge in [0.25, 0.3) is 5.56 Å². The maximum absolute atomic E-state index is 12.6. The summed E-state index contributed by atoms with van der Waals surface area (Å²) in [6, 6.07) is 2.44. The first-order valence-electron chi connectivity index (χ1n) is 9.76. The Hall–Kier alpha value is -2.22. The number of halogens is 3. The summed E-state index contributed by atoms with van der Waals surface area (Å²) in [4.78, 5) is 25.9. The second-order valence-electron chi connectivity index (χ2n) is 7.72. The smallest absolute Gasteiger partial charge is 0.310 e. The number of H-pyrrole nitrogens is 1. The first-order chi connectivity index (χ1) is 13.4. The molecule has 8 heteroatoms. The van der Waals surface area contributed by atoms with Crippen molar-refractivity contribution in [1.29, 1.82) is 0 Å². The molecule has 1 saturated carbocycles. The third-order valence-electron chi connectivity index (χ3n) is 5.68. The van der Waals surface area contributed by atoms with E-state index in [1.807, 2.05) is 4.90 Å². The average Bonchev–Trinajstić information content (AvgIpc) is 2.69. The number of alkyl halides is 3. The van der Waals surface area contributed by atoms with Crippen molar-refractivity contribution >= 4 is 0 Å². The van der Waals surface area contributed by atoms with Crippen molar-refractivity contribution in [2.75, 3.05) is 6.54 Å². The highest BCUT2D eigenvalue weighted by atomic mass is 19.4. The normalized spacial score (nSPS) is 18.8. The second-order valence-corrected chi connectivity index (χ2v) is 7.72. The summed E-state index contributed by atoms with van der Waals surface area (Å²) in [6.45, 7) is 1.62. The maximum Gasteiger partial charge on any atom is 0.433 e. The molecule has 150 valence electrons. The monoisotopic (exact) mass is 392 g/mol. The van der Waals surface area contributed by atoms with Crippen LogP contribution in [-0.4, -0.2) is 26.4 Å². The number of aromatic amines is 1. The third kappa shape index (κ3) is 4.11. The van der Waals surface area contributed by atoms with Crippen molar-refractivity contribution in [3.8, 4) is 0 Å². The lowest BCUT2D eigenvalue weighted by molar-refractivity contribution is -0.141. The zero-order valence-electron chi connectivity index (χ0n) is 15.6. The van der Waals surface area contributed by atoms with Crippen LogP contribution in [0.4, 0.5) is 13.2 Å². The molecule has 0 bridgehead atoms. The standard InChI is InChI=1S/C20H23F3N4O/c21-20(22,23)17-7-6-13(10-24-17)11-27-9-8-16-15(12-27)19(28)26-18(25-16)14-4-2-1-3-5-14/h6-7,10,14H,1-5,8-9,11-12H2,(H,25,26,28). The Balaban J connectivity index is 1.46. The minimum absolute atomic E-state index is 0.0826. The van der Waals surface area contributed by atoms with Crippen molar-refractivity contribution in [1.82, 2.24) is 19.9 Å². The molecule has 2 aromatic heterocycles. The van der Waals surface area contributed by atoms with Gasteiger partial charge in [0.15, 0.2) is 0 Å². The van der Waals surface area contributed by atoms with E-state index in [1.165, 1.54) is 31.5 Å². The van der Waals surface area contributed by atoms with Crippen molar-refractivity contribution in [2.45, 2.75) is 63.7 Å². The summed E-state index contributed by atoms with van der Waals surface area (Å²) < 4.78 is 37.9. The van der Waals surface area contributed by atoms with Gasteiger partial charge in [0.2, 0.25) is 0 Å². The predicted molar refractivity (Wildman–Crippen MR) is 97.7 cm³/mol. The zero-order valence-corrected chi connectivity index (χ0v) is 15.6. The Bertz CT molecular complexity index is 886. The molecule has 0 atom stereocenters. The number of hydrogen-bond donors (Lipinski definition) is 1. The van der Waals surface area contributed by atoms with E-state index in [4.69, 9.17) is 4.98 Å². The lowest BCUT2D eigenvalue weighted by atomic mass is 9.88. The number of nitrogens with zero attached hydrogens (tertiary/aromatic N) is 3. The van der Waals surface area contributed by atoms with Crippen LogP contribution in [0.3, 0.4) is 0 Å². The Morgan fingerprint density at radius 1 is 1.18 bits per heavy atom. The van der Waals surface area contributed by atoms with E-state index < -0.39 is 11.9 Å². The third-order valence-corrected chi connectivity index (χ3v) is 5.68. The molecule has 0 radical (unpaired) electrons. The Labute approximate surface area is 161 Å². The number of nitrogens with one attached hydrogen (secondary N) is 1. The van der Waals surface area contributed by atoms with Gasteiger partial charge in [0.05, 0.1) is 11.3 Å². The Kier molecular flexibility index (Phi) is 5.23. The van der Waals surface area contributed by atoms with E-state index in [0.29, 0.717) is 43.1 Å². The number of pyridine rings is 1. The van der Waals surface area contributed by atoms with Gasteiger partial charge in [-0.15, -0.1) is 0 Å². The van der Waals surface area contributed by atoms with Crippen LogP contribution in [-0.2, 0) is 25.7 Å². The Morgan fingerprint density at radius 2 is 1.96 bits per heavy atom. The van der Waals surface area contributed by atoms with Crippen LogP contribution in [0, 0.1) is 0 Å². The average molecular weight is 392 g/mol. The van der Waals surface area contributed by atoms with E-state index in [2.05, 4.69) is 9.97 Å². The summed E-state index contributed by atoms with van der Waals surface area (Å²) in [5, 5.41) is 0. The topological polar surface area (TPSA) is 61.9 Å². The van der Waals surface area contributed by atoms with E-state index >= 15 is 0 Å². The minimum Gasteiger partial charge on any atom is -0.310 e. The molecule has 0 spiro atoms. The molecule has 1 aliphatic carbocycles. The first kappa shape index (κ1) is 19.1. The molecule has 0 saturated heterocycles. The first-order valence-corrected chi connectivity index (χ1v) is 9.76. The molecular weight excluding hydrogens is 369 g/mol. The lowest BCUT2D eigenvalue weighted by Gasteiger charge is -2.28. The van der Waals surface area contributed by atoms with Crippen molar-refractivity contribution < 1.29 is 13.2 Å². The molecule has 28 heavy (non-hydrogen) atoms. The van der Waals surface area contributed by atoms with Crippen LogP contribution in [0.15, 0.2) is 23.1 Å². The molecule has 1 fully saturated rings. The molecule has 4 rings (SSSR count). The molecule has 5 nitrogen and oxygen atoms in total. The fourth-order valence-electron chi connectivity index (χ4n) is 4.15. The highest BCUT2D eigenvalue weighted by molar-refractivity contribution is 5.23. The molecule has 3 heterocycles. The summed E-state index contributed by atoms with van der Waals surface area (Å²) in [5.41, 5.74) is 1.26. The molecule has 1 N–H and O–H groups in total. The van der Waals surface area contributed by atoms with Gasteiger partial charge in [-0.1, -0.05) is 25.3 Å².